The summed E-state index contributed by atoms with van der Waals surface area (Å²) in [6, 6.07) is 6.33. The van der Waals surface area contributed by atoms with E-state index in [1.807, 2.05) is 0 Å². The van der Waals surface area contributed by atoms with E-state index in [4.69, 9.17) is 9.84 Å². The first kappa shape index (κ1) is 11.1. The smallest absolute Gasteiger partial charge is 0.339 e. The van der Waals surface area contributed by atoms with Crippen LogP contribution >= 0.6 is 0 Å². The third kappa shape index (κ3) is 1.97. The fraction of sp³-hybridized carbons (Fsp3) is 0. The van der Waals surface area contributed by atoms with E-state index in [0.29, 0.717) is 5.65 Å². The second-order valence-electron chi connectivity index (χ2n) is 3.70. The van der Waals surface area contributed by atoms with Crippen LogP contribution < -0.4 is 4.74 Å². The molecule has 1 N–H and O–H groups in total. The number of fused-ring (bicyclic) bond motifs is 1. The van der Waals surface area contributed by atoms with Gasteiger partial charge in [0.1, 0.15) is 17.6 Å². The summed E-state index contributed by atoms with van der Waals surface area (Å²) in [6.07, 6.45) is 4.70. The maximum atomic E-state index is 11.1. The van der Waals surface area contributed by atoms with E-state index < -0.39 is 5.97 Å². The van der Waals surface area contributed by atoms with Gasteiger partial charge >= 0.3 is 5.97 Å². The van der Waals surface area contributed by atoms with Crippen LogP contribution in [0.4, 0.5) is 0 Å². The molecule has 0 radical (unpaired) electrons. The van der Waals surface area contributed by atoms with E-state index in [9.17, 15) is 4.79 Å². The third-order valence-electron chi connectivity index (χ3n) is 2.51. The Kier molecular flexibility index (Phi) is 2.57. The number of hydrogen-bond donors (Lipinski definition) is 1. The minimum absolute atomic E-state index is 0.0609. The summed E-state index contributed by atoms with van der Waals surface area (Å²) in [7, 11) is 0. The zero-order valence-electron chi connectivity index (χ0n) is 9.59. The highest BCUT2D eigenvalue weighted by Crippen LogP contribution is 2.25. The Labute approximate surface area is 107 Å². The lowest BCUT2D eigenvalue weighted by Gasteiger charge is -2.07. The van der Waals surface area contributed by atoms with Crippen molar-refractivity contribution in [1.29, 1.82) is 0 Å². The molecule has 0 aliphatic heterocycles. The van der Waals surface area contributed by atoms with Gasteiger partial charge in [0.05, 0.1) is 0 Å². The van der Waals surface area contributed by atoms with Gasteiger partial charge in [0.2, 0.25) is 5.65 Å². The summed E-state index contributed by atoms with van der Waals surface area (Å²) in [5, 5.41) is 16.7. The number of carboxylic acid groups (broad SMARTS) is 1. The van der Waals surface area contributed by atoms with Crippen LogP contribution in [0.2, 0.25) is 0 Å². The lowest BCUT2D eigenvalue weighted by molar-refractivity contribution is 0.0694. The quantitative estimate of drug-likeness (QED) is 0.765. The molecule has 0 bridgehead atoms. The molecule has 0 aliphatic carbocycles. The Hall–Kier alpha value is -2.96. The van der Waals surface area contributed by atoms with Crippen LogP contribution in [0, 0.1) is 0 Å². The molecule has 2 aromatic heterocycles. The first-order valence-electron chi connectivity index (χ1n) is 5.40. The average Bonchev–Trinajstić information content (AvgIpc) is 2.88. The van der Waals surface area contributed by atoms with Gasteiger partial charge in [0.15, 0.2) is 0 Å². The number of ether oxygens (including phenoxy) is 1. The van der Waals surface area contributed by atoms with Gasteiger partial charge in [-0.2, -0.15) is 0 Å². The summed E-state index contributed by atoms with van der Waals surface area (Å²) in [5.41, 5.74) is 0.480. The number of carboxylic acids is 1. The molecular weight excluding hydrogens is 248 g/mol. The molecule has 0 fully saturated rings. The molecule has 2 heterocycles. The molecule has 0 atom stereocenters. The number of rotatable bonds is 3. The van der Waals surface area contributed by atoms with Gasteiger partial charge < -0.3 is 9.84 Å². The van der Waals surface area contributed by atoms with Crippen molar-refractivity contribution in [2.45, 2.75) is 0 Å². The molecule has 94 valence electrons. The zero-order valence-corrected chi connectivity index (χ0v) is 9.59. The highest BCUT2D eigenvalue weighted by atomic mass is 16.5. The molecular formula is C12H8N4O3. The van der Waals surface area contributed by atoms with E-state index in [1.54, 1.807) is 28.8 Å². The highest BCUT2D eigenvalue weighted by molar-refractivity contribution is 5.91. The van der Waals surface area contributed by atoms with Crippen molar-refractivity contribution in [3.63, 3.8) is 0 Å². The van der Waals surface area contributed by atoms with Crippen molar-refractivity contribution in [2.24, 2.45) is 0 Å². The molecule has 0 unspecified atom stereocenters. The first-order valence-corrected chi connectivity index (χ1v) is 5.40. The van der Waals surface area contributed by atoms with E-state index in [-0.39, 0.29) is 17.2 Å². The molecule has 3 aromatic rings. The second-order valence-corrected chi connectivity index (χ2v) is 3.70. The van der Waals surface area contributed by atoms with Crippen LogP contribution in [0.5, 0.6) is 11.6 Å². The molecule has 19 heavy (non-hydrogen) atoms. The van der Waals surface area contributed by atoms with E-state index in [1.165, 1.54) is 18.6 Å². The maximum absolute atomic E-state index is 11.1. The Balaban J connectivity index is 2.06. The summed E-state index contributed by atoms with van der Waals surface area (Å²) >= 11 is 0. The largest absolute Gasteiger partial charge is 0.478 e. The van der Waals surface area contributed by atoms with Crippen molar-refractivity contribution >= 4 is 11.6 Å². The van der Waals surface area contributed by atoms with Crippen molar-refractivity contribution < 1.29 is 14.6 Å². The first-order chi connectivity index (χ1) is 9.25. The average molecular weight is 256 g/mol. The molecule has 7 nitrogen and oxygen atoms in total. The molecule has 0 saturated heterocycles. The van der Waals surface area contributed by atoms with Crippen molar-refractivity contribution in [3.05, 3.63) is 48.5 Å². The van der Waals surface area contributed by atoms with Crippen molar-refractivity contribution in [3.8, 4) is 11.6 Å². The second kappa shape index (κ2) is 4.37. The highest BCUT2D eigenvalue weighted by Gasteiger charge is 2.14. The van der Waals surface area contributed by atoms with Gasteiger partial charge in [-0.25, -0.2) is 9.78 Å². The van der Waals surface area contributed by atoms with Gasteiger partial charge in [0, 0.05) is 12.4 Å². The van der Waals surface area contributed by atoms with Crippen LogP contribution in [0.3, 0.4) is 0 Å². The van der Waals surface area contributed by atoms with Gasteiger partial charge in [-0.05, 0) is 12.1 Å². The molecule has 7 heteroatoms. The fourth-order valence-electron chi connectivity index (χ4n) is 1.64. The van der Waals surface area contributed by atoms with Crippen LogP contribution in [0.15, 0.2) is 43.0 Å². The van der Waals surface area contributed by atoms with Crippen molar-refractivity contribution in [1.82, 2.24) is 19.6 Å². The number of aromatic nitrogens is 4. The van der Waals surface area contributed by atoms with E-state index in [2.05, 4.69) is 15.2 Å². The molecule has 1 aromatic carbocycles. The predicted molar refractivity (Wildman–Crippen MR) is 64.3 cm³/mol. The minimum Gasteiger partial charge on any atom is -0.478 e. The summed E-state index contributed by atoms with van der Waals surface area (Å²) in [5.74, 6) is -0.656. The normalized spacial score (nSPS) is 10.5. The molecule has 0 spiro atoms. The zero-order chi connectivity index (χ0) is 13.2. The Morgan fingerprint density at radius 1 is 1.32 bits per heavy atom. The predicted octanol–water partition coefficient (Wildman–Crippen LogP) is 1.61. The van der Waals surface area contributed by atoms with E-state index in [0.717, 1.165) is 0 Å². The SMILES string of the molecule is O=C(O)c1ccccc1Oc1nccn2cnnc12. The molecule has 0 saturated carbocycles. The maximum Gasteiger partial charge on any atom is 0.339 e. The standard InChI is InChI=1S/C12H8N4O3/c17-12(18)8-3-1-2-4-9(8)19-11-10-15-14-7-16(10)6-5-13-11/h1-7H,(H,17,18). The van der Waals surface area contributed by atoms with Gasteiger partial charge in [-0.15, -0.1) is 10.2 Å². The third-order valence-corrected chi connectivity index (χ3v) is 2.51. The Morgan fingerprint density at radius 2 is 2.16 bits per heavy atom. The Morgan fingerprint density at radius 3 is 3.00 bits per heavy atom. The Bertz CT molecular complexity index is 753. The molecule has 3 rings (SSSR count). The van der Waals surface area contributed by atoms with Gasteiger partial charge in [-0.1, -0.05) is 12.1 Å². The number of nitrogens with zero attached hydrogens (tertiary/aromatic N) is 4. The summed E-state index contributed by atoms with van der Waals surface area (Å²) in [4.78, 5) is 15.1. The minimum atomic E-state index is -1.07. The fourth-order valence-corrected chi connectivity index (χ4v) is 1.64. The van der Waals surface area contributed by atoms with E-state index >= 15 is 0 Å². The summed E-state index contributed by atoms with van der Waals surface area (Å²) in [6.45, 7) is 0. The van der Waals surface area contributed by atoms with Crippen LogP contribution in [-0.2, 0) is 0 Å². The summed E-state index contributed by atoms with van der Waals surface area (Å²) < 4.78 is 7.16. The molecule has 0 amide bonds. The van der Waals surface area contributed by atoms with Crippen LogP contribution in [0.25, 0.3) is 5.65 Å². The topological polar surface area (TPSA) is 89.6 Å². The van der Waals surface area contributed by atoms with Gasteiger partial charge in [-0.3, -0.25) is 4.40 Å². The van der Waals surface area contributed by atoms with Gasteiger partial charge in [0.25, 0.3) is 5.88 Å². The number of hydrogen-bond acceptors (Lipinski definition) is 5. The van der Waals surface area contributed by atoms with Crippen LogP contribution in [0.1, 0.15) is 10.4 Å². The number of para-hydroxylation sites is 1. The lowest BCUT2D eigenvalue weighted by Crippen LogP contribution is -2.01. The number of aromatic carboxylic acids is 1. The number of carbonyl (C=O) groups is 1. The lowest BCUT2D eigenvalue weighted by atomic mass is 10.2. The van der Waals surface area contributed by atoms with Crippen molar-refractivity contribution in [2.75, 3.05) is 0 Å². The number of benzene rings is 1. The monoisotopic (exact) mass is 256 g/mol. The van der Waals surface area contributed by atoms with Crippen LogP contribution in [-0.4, -0.2) is 30.7 Å². The molecule has 0 aliphatic rings.